The van der Waals surface area contributed by atoms with Crippen molar-refractivity contribution in [3.05, 3.63) is 47.0 Å². The molecule has 0 aliphatic heterocycles. The van der Waals surface area contributed by atoms with Crippen molar-refractivity contribution in [1.29, 1.82) is 0 Å². The normalized spacial score (nSPS) is 14.5. The van der Waals surface area contributed by atoms with Crippen LogP contribution < -0.4 is 5.73 Å². The number of rotatable bonds is 1. The van der Waals surface area contributed by atoms with Crippen LogP contribution in [-0.2, 0) is 0 Å². The number of primary amides is 1. The predicted molar refractivity (Wildman–Crippen MR) is 68.4 cm³/mol. The Bertz CT molecular complexity index is 517. The van der Waals surface area contributed by atoms with Gasteiger partial charge in [0, 0.05) is 5.56 Å². The van der Waals surface area contributed by atoms with Crippen molar-refractivity contribution in [3.63, 3.8) is 0 Å². The summed E-state index contributed by atoms with van der Waals surface area (Å²) in [5.41, 5.74) is 7.69. The Morgan fingerprint density at radius 1 is 1.18 bits per heavy atom. The third-order valence-electron chi connectivity index (χ3n) is 2.84. The van der Waals surface area contributed by atoms with Crippen LogP contribution in [0.3, 0.4) is 0 Å². The fourth-order valence-electron chi connectivity index (χ4n) is 1.91. The first-order valence-corrected chi connectivity index (χ1v) is 5.87. The number of amides is 1. The van der Waals surface area contributed by atoms with Gasteiger partial charge in [0.1, 0.15) is 0 Å². The molecule has 0 saturated heterocycles. The number of nitrogens with two attached hydrogens (primary N) is 1. The van der Waals surface area contributed by atoms with E-state index >= 15 is 0 Å². The molecule has 2 heteroatoms. The highest BCUT2D eigenvalue weighted by Gasteiger charge is 2.04. The number of hydrogen-bond acceptors (Lipinski definition) is 1. The number of allylic oxidation sites excluding steroid dienone is 2. The second-order valence-corrected chi connectivity index (χ2v) is 4.13. The molecule has 0 radical (unpaired) electrons. The summed E-state index contributed by atoms with van der Waals surface area (Å²) < 4.78 is 0. The third kappa shape index (κ3) is 2.98. The van der Waals surface area contributed by atoms with Crippen molar-refractivity contribution in [1.82, 2.24) is 0 Å². The molecule has 0 aromatic heterocycles. The molecule has 2 N–H and O–H groups in total. The maximum Gasteiger partial charge on any atom is 0.249 e. The highest BCUT2D eigenvalue weighted by atomic mass is 16.1. The lowest BCUT2D eigenvalue weighted by atomic mass is 9.99. The summed E-state index contributed by atoms with van der Waals surface area (Å²) in [6, 6.07) is 7.20. The molecule has 0 heterocycles. The molecule has 1 aliphatic rings. The zero-order valence-electron chi connectivity index (χ0n) is 9.70. The Balaban J connectivity index is 2.27. The van der Waals surface area contributed by atoms with E-state index in [1.807, 2.05) is 12.1 Å². The van der Waals surface area contributed by atoms with Crippen LogP contribution in [0, 0.1) is 11.8 Å². The highest BCUT2D eigenvalue weighted by Crippen LogP contribution is 2.16. The van der Waals surface area contributed by atoms with Crippen LogP contribution in [0.25, 0.3) is 0 Å². The first-order chi connectivity index (χ1) is 8.27. The summed E-state index contributed by atoms with van der Waals surface area (Å²) in [5, 5.41) is 0. The van der Waals surface area contributed by atoms with Crippen LogP contribution in [0.15, 0.2) is 35.9 Å². The summed E-state index contributed by atoms with van der Waals surface area (Å²) >= 11 is 0. The second kappa shape index (κ2) is 5.36. The number of benzene rings is 1. The Morgan fingerprint density at radius 3 is 2.71 bits per heavy atom. The van der Waals surface area contributed by atoms with E-state index in [1.165, 1.54) is 18.4 Å². The average Bonchev–Trinajstić information content (AvgIpc) is 2.38. The molecular formula is C15H15NO. The molecule has 0 saturated carbocycles. The summed E-state index contributed by atoms with van der Waals surface area (Å²) in [6.45, 7) is 0. The van der Waals surface area contributed by atoms with Gasteiger partial charge in [-0.15, -0.1) is 0 Å². The van der Waals surface area contributed by atoms with Gasteiger partial charge in [-0.1, -0.05) is 30.0 Å². The lowest BCUT2D eigenvalue weighted by Gasteiger charge is -2.05. The first-order valence-electron chi connectivity index (χ1n) is 5.87. The molecule has 2 nitrogen and oxygen atoms in total. The number of carbonyl (C=O) groups is 1. The number of carbonyl (C=O) groups excluding carboxylic acids is 1. The third-order valence-corrected chi connectivity index (χ3v) is 2.84. The molecule has 0 unspecified atom stereocenters. The maximum atomic E-state index is 11.2. The summed E-state index contributed by atoms with van der Waals surface area (Å²) in [4.78, 5) is 11.2. The van der Waals surface area contributed by atoms with Crippen molar-refractivity contribution >= 4 is 5.91 Å². The molecular weight excluding hydrogens is 210 g/mol. The van der Waals surface area contributed by atoms with Crippen molar-refractivity contribution in [3.8, 4) is 11.8 Å². The quantitative estimate of drug-likeness (QED) is 0.733. The van der Waals surface area contributed by atoms with E-state index in [1.54, 1.807) is 12.1 Å². The molecule has 2 rings (SSSR count). The fraction of sp³-hybridized carbons (Fsp3) is 0.267. The molecule has 0 spiro atoms. The molecule has 1 amide bonds. The first kappa shape index (κ1) is 11.5. The maximum absolute atomic E-state index is 11.2. The molecule has 17 heavy (non-hydrogen) atoms. The SMILES string of the molecule is NC(=O)c1ccccc1C#CC1=CCCCC1. The summed E-state index contributed by atoms with van der Waals surface area (Å²) in [7, 11) is 0. The standard InChI is InChI=1S/C15H15NO/c16-15(17)14-9-5-4-8-13(14)11-10-12-6-2-1-3-7-12/h4-6,8-9H,1-3,7H2,(H2,16,17). The van der Waals surface area contributed by atoms with Crippen molar-refractivity contribution in [2.45, 2.75) is 25.7 Å². The van der Waals surface area contributed by atoms with Crippen LogP contribution in [0.4, 0.5) is 0 Å². The van der Waals surface area contributed by atoms with Gasteiger partial charge in [0.15, 0.2) is 0 Å². The molecule has 0 atom stereocenters. The largest absolute Gasteiger partial charge is 0.366 e. The van der Waals surface area contributed by atoms with Gasteiger partial charge < -0.3 is 5.73 Å². The Kier molecular flexibility index (Phi) is 3.62. The second-order valence-electron chi connectivity index (χ2n) is 4.13. The minimum absolute atomic E-state index is 0.424. The molecule has 86 valence electrons. The lowest BCUT2D eigenvalue weighted by Crippen LogP contribution is -2.12. The predicted octanol–water partition coefficient (Wildman–Crippen LogP) is 2.64. The monoisotopic (exact) mass is 225 g/mol. The van der Waals surface area contributed by atoms with Gasteiger partial charge in [0.05, 0.1) is 5.56 Å². The van der Waals surface area contributed by atoms with E-state index in [4.69, 9.17) is 5.73 Å². The zero-order valence-corrected chi connectivity index (χ0v) is 9.70. The average molecular weight is 225 g/mol. The van der Waals surface area contributed by atoms with Gasteiger partial charge in [0.2, 0.25) is 5.91 Å². The van der Waals surface area contributed by atoms with Gasteiger partial charge in [0.25, 0.3) is 0 Å². The van der Waals surface area contributed by atoms with Gasteiger partial charge >= 0.3 is 0 Å². The smallest absolute Gasteiger partial charge is 0.249 e. The topological polar surface area (TPSA) is 43.1 Å². The van der Waals surface area contributed by atoms with Gasteiger partial charge in [-0.2, -0.15) is 0 Å². The van der Waals surface area contributed by atoms with E-state index < -0.39 is 5.91 Å². The zero-order chi connectivity index (χ0) is 12.1. The van der Waals surface area contributed by atoms with E-state index in [-0.39, 0.29) is 0 Å². The van der Waals surface area contributed by atoms with E-state index in [0.29, 0.717) is 11.1 Å². The Morgan fingerprint density at radius 2 is 2.00 bits per heavy atom. The van der Waals surface area contributed by atoms with Crippen molar-refractivity contribution < 1.29 is 4.79 Å². The summed E-state index contributed by atoms with van der Waals surface area (Å²) in [5.74, 6) is 5.76. The van der Waals surface area contributed by atoms with Crippen molar-refractivity contribution in [2.75, 3.05) is 0 Å². The molecule has 1 aromatic rings. The minimum atomic E-state index is -0.424. The van der Waals surface area contributed by atoms with Gasteiger partial charge in [-0.05, 0) is 43.4 Å². The van der Waals surface area contributed by atoms with Crippen LogP contribution in [0.1, 0.15) is 41.6 Å². The van der Waals surface area contributed by atoms with E-state index in [9.17, 15) is 4.79 Å². The Labute approximate surface area is 102 Å². The van der Waals surface area contributed by atoms with Crippen LogP contribution >= 0.6 is 0 Å². The molecule has 1 aromatic carbocycles. The minimum Gasteiger partial charge on any atom is -0.366 e. The fourth-order valence-corrected chi connectivity index (χ4v) is 1.91. The van der Waals surface area contributed by atoms with Crippen LogP contribution in [0.2, 0.25) is 0 Å². The molecule has 1 aliphatic carbocycles. The van der Waals surface area contributed by atoms with Gasteiger partial charge in [-0.3, -0.25) is 4.79 Å². The van der Waals surface area contributed by atoms with E-state index in [2.05, 4.69) is 17.9 Å². The molecule has 0 fully saturated rings. The number of hydrogen-bond donors (Lipinski definition) is 1. The van der Waals surface area contributed by atoms with Crippen LogP contribution in [0.5, 0.6) is 0 Å². The van der Waals surface area contributed by atoms with Crippen LogP contribution in [-0.4, -0.2) is 5.91 Å². The summed E-state index contributed by atoms with van der Waals surface area (Å²) in [6.07, 6.45) is 6.80. The van der Waals surface area contributed by atoms with Gasteiger partial charge in [-0.25, -0.2) is 0 Å². The Hall–Kier alpha value is -2.01. The lowest BCUT2D eigenvalue weighted by molar-refractivity contribution is 0.1000. The van der Waals surface area contributed by atoms with Crippen molar-refractivity contribution in [2.24, 2.45) is 5.73 Å². The van der Waals surface area contributed by atoms with E-state index in [0.717, 1.165) is 12.8 Å². The highest BCUT2D eigenvalue weighted by molar-refractivity contribution is 5.95. The molecule has 0 bridgehead atoms.